The highest BCUT2D eigenvalue weighted by atomic mass is 32.1. The Balaban J connectivity index is 1.50. The molecule has 4 heteroatoms. The predicted molar refractivity (Wildman–Crippen MR) is 110 cm³/mol. The molecule has 3 rings (SSSR count). The highest BCUT2D eigenvalue weighted by molar-refractivity contribution is 7.80. The standard InChI is InChI=1S/C21H33N3S/c1-3-17-9-7-8-12-20(17)22-21(25)24-15-13-19(14-16-24)23(2)18-10-5-4-6-11-18/h7-9,12,18-19H,3-6,10-11,13-16H2,1-2H3,(H,22,25)/p+1. The lowest BCUT2D eigenvalue weighted by Gasteiger charge is -2.39. The van der Waals surface area contributed by atoms with Crippen LogP contribution in [0.25, 0.3) is 0 Å². The van der Waals surface area contributed by atoms with E-state index < -0.39 is 0 Å². The third-order valence-electron chi connectivity index (χ3n) is 6.32. The van der Waals surface area contributed by atoms with Crippen LogP contribution in [-0.2, 0) is 6.42 Å². The maximum absolute atomic E-state index is 5.70. The fraction of sp³-hybridized carbons (Fsp3) is 0.667. The van der Waals surface area contributed by atoms with Gasteiger partial charge in [0.1, 0.15) is 0 Å². The first kappa shape index (κ1) is 18.7. The number of nitrogens with zero attached hydrogens (tertiary/aromatic N) is 1. The lowest BCUT2D eigenvalue weighted by molar-refractivity contribution is -0.933. The minimum atomic E-state index is 0.810. The number of para-hydroxylation sites is 1. The van der Waals surface area contributed by atoms with E-state index in [1.807, 2.05) is 0 Å². The van der Waals surface area contributed by atoms with Crippen LogP contribution in [-0.4, -0.2) is 42.2 Å². The molecule has 0 spiro atoms. The minimum Gasteiger partial charge on any atom is -0.349 e. The Kier molecular flexibility index (Phi) is 6.71. The quantitative estimate of drug-likeness (QED) is 0.804. The van der Waals surface area contributed by atoms with E-state index in [9.17, 15) is 0 Å². The van der Waals surface area contributed by atoms with Crippen molar-refractivity contribution in [3.63, 3.8) is 0 Å². The van der Waals surface area contributed by atoms with Crippen molar-refractivity contribution >= 4 is 23.0 Å². The molecule has 1 aliphatic heterocycles. The molecule has 1 saturated carbocycles. The van der Waals surface area contributed by atoms with Gasteiger partial charge in [0.05, 0.1) is 19.1 Å². The number of thiocarbonyl (C=S) groups is 1. The fourth-order valence-corrected chi connectivity index (χ4v) is 4.87. The minimum absolute atomic E-state index is 0.810. The van der Waals surface area contributed by atoms with Gasteiger partial charge in [-0.1, -0.05) is 31.5 Å². The summed E-state index contributed by atoms with van der Waals surface area (Å²) in [5.41, 5.74) is 2.50. The zero-order valence-electron chi connectivity index (χ0n) is 15.9. The van der Waals surface area contributed by atoms with Crippen LogP contribution in [0.2, 0.25) is 0 Å². The summed E-state index contributed by atoms with van der Waals surface area (Å²) in [6, 6.07) is 10.2. The van der Waals surface area contributed by atoms with Crippen LogP contribution < -0.4 is 10.2 Å². The molecule has 1 heterocycles. The van der Waals surface area contributed by atoms with Crippen molar-refractivity contribution in [2.45, 2.75) is 70.4 Å². The number of hydrogen-bond donors (Lipinski definition) is 2. The van der Waals surface area contributed by atoms with E-state index in [2.05, 4.69) is 48.5 Å². The van der Waals surface area contributed by atoms with Crippen molar-refractivity contribution in [3.8, 4) is 0 Å². The number of anilines is 1. The van der Waals surface area contributed by atoms with Gasteiger partial charge in [0.15, 0.2) is 5.11 Å². The third kappa shape index (κ3) is 4.73. The molecule has 2 N–H and O–H groups in total. The Morgan fingerprint density at radius 2 is 1.72 bits per heavy atom. The molecule has 0 bridgehead atoms. The van der Waals surface area contributed by atoms with Crippen LogP contribution in [0.5, 0.6) is 0 Å². The van der Waals surface area contributed by atoms with Gasteiger partial charge in [-0.25, -0.2) is 0 Å². The maximum atomic E-state index is 5.70. The van der Waals surface area contributed by atoms with Crippen molar-refractivity contribution in [1.82, 2.24) is 4.90 Å². The Hall–Kier alpha value is -1.13. The first-order valence-corrected chi connectivity index (χ1v) is 10.6. The van der Waals surface area contributed by atoms with Crippen LogP contribution in [0.3, 0.4) is 0 Å². The topological polar surface area (TPSA) is 19.7 Å². The average Bonchev–Trinajstić information content (AvgIpc) is 2.68. The highest BCUT2D eigenvalue weighted by Gasteiger charge is 2.31. The molecule has 1 aliphatic carbocycles. The lowest BCUT2D eigenvalue weighted by atomic mass is 9.92. The van der Waals surface area contributed by atoms with Crippen molar-refractivity contribution in [3.05, 3.63) is 29.8 Å². The van der Waals surface area contributed by atoms with Crippen molar-refractivity contribution in [1.29, 1.82) is 0 Å². The van der Waals surface area contributed by atoms with Gasteiger partial charge >= 0.3 is 0 Å². The van der Waals surface area contributed by atoms with Crippen LogP contribution in [0.1, 0.15) is 57.4 Å². The zero-order valence-corrected chi connectivity index (χ0v) is 16.7. The molecule has 2 aliphatic rings. The lowest BCUT2D eigenvalue weighted by Crippen LogP contribution is -3.17. The van der Waals surface area contributed by atoms with Gasteiger partial charge in [-0.3, -0.25) is 0 Å². The first-order chi connectivity index (χ1) is 12.2. The molecule has 1 saturated heterocycles. The van der Waals surface area contributed by atoms with Gasteiger partial charge in [-0.15, -0.1) is 0 Å². The van der Waals surface area contributed by atoms with Crippen LogP contribution in [0.4, 0.5) is 5.69 Å². The molecular formula is C21H34N3S+. The van der Waals surface area contributed by atoms with Crippen LogP contribution in [0, 0.1) is 0 Å². The van der Waals surface area contributed by atoms with Gasteiger partial charge in [0.2, 0.25) is 0 Å². The molecule has 0 amide bonds. The molecule has 25 heavy (non-hydrogen) atoms. The number of piperidine rings is 1. The SMILES string of the molecule is CCc1ccccc1NC(=S)N1CCC([NH+](C)C2CCCCC2)CC1. The Morgan fingerprint density at radius 1 is 1.08 bits per heavy atom. The summed E-state index contributed by atoms with van der Waals surface area (Å²) in [7, 11) is 2.43. The van der Waals surface area contributed by atoms with Crippen molar-refractivity contribution in [2.24, 2.45) is 0 Å². The smallest absolute Gasteiger partial charge is 0.173 e. The largest absolute Gasteiger partial charge is 0.349 e. The van der Waals surface area contributed by atoms with Crippen molar-refractivity contribution in [2.75, 3.05) is 25.5 Å². The predicted octanol–water partition coefficient (Wildman–Crippen LogP) is 3.26. The highest BCUT2D eigenvalue weighted by Crippen LogP contribution is 2.19. The molecule has 3 nitrogen and oxygen atoms in total. The Labute approximate surface area is 158 Å². The van der Waals surface area contributed by atoms with E-state index in [0.29, 0.717) is 0 Å². The van der Waals surface area contributed by atoms with Crippen molar-refractivity contribution < 1.29 is 4.90 Å². The van der Waals surface area contributed by atoms with E-state index in [0.717, 1.165) is 36.7 Å². The van der Waals surface area contributed by atoms with E-state index in [-0.39, 0.29) is 0 Å². The normalized spacial score (nSPS) is 21.1. The number of quaternary nitrogens is 1. The van der Waals surface area contributed by atoms with Gasteiger partial charge in [0, 0.05) is 31.6 Å². The summed E-state index contributed by atoms with van der Waals surface area (Å²) in [5, 5.41) is 4.39. The molecule has 1 atom stereocenters. The van der Waals surface area contributed by atoms with Gasteiger partial charge < -0.3 is 15.1 Å². The average molecular weight is 361 g/mol. The molecule has 1 unspecified atom stereocenters. The monoisotopic (exact) mass is 360 g/mol. The molecule has 0 radical (unpaired) electrons. The first-order valence-electron chi connectivity index (χ1n) is 10.2. The zero-order chi connectivity index (χ0) is 17.6. The number of aryl methyl sites for hydroxylation is 1. The third-order valence-corrected chi connectivity index (χ3v) is 6.68. The molecule has 1 aromatic rings. The second-order valence-electron chi connectivity index (χ2n) is 7.78. The summed E-state index contributed by atoms with van der Waals surface area (Å²) in [6.45, 7) is 4.38. The number of nitrogens with one attached hydrogen (secondary N) is 2. The molecule has 138 valence electrons. The second kappa shape index (κ2) is 9.00. The maximum Gasteiger partial charge on any atom is 0.173 e. The van der Waals surface area contributed by atoms with E-state index in [1.54, 1.807) is 4.90 Å². The number of likely N-dealkylation sites (tertiary alicyclic amines) is 1. The summed E-state index contributed by atoms with van der Waals surface area (Å²) in [4.78, 5) is 4.15. The number of hydrogen-bond acceptors (Lipinski definition) is 1. The van der Waals surface area contributed by atoms with Crippen LogP contribution >= 0.6 is 12.2 Å². The second-order valence-corrected chi connectivity index (χ2v) is 8.17. The summed E-state index contributed by atoms with van der Waals surface area (Å²) < 4.78 is 0. The van der Waals surface area contributed by atoms with E-state index in [4.69, 9.17) is 12.2 Å². The molecule has 1 aromatic carbocycles. The van der Waals surface area contributed by atoms with Gasteiger partial charge in [-0.05, 0) is 56.0 Å². The van der Waals surface area contributed by atoms with E-state index in [1.165, 1.54) is 56.2 Å². The summed E-state index contributed by atoms with van der Waals surface area (Å²) in [6.07, 6.45) is 10.7. The molecule has 2 fully saturated rings. The fourth-order valence-electron chi connectivity index (χ4n) is 4.57. The summed E-state index contributed by atoms with van der Waals surface area (Å²) >= 11 is 5.70. The molecular weight excluding hydrogens is 326 g/mol. The van der Waals surface area contributed by atoms with Crippen LogP contribution in [0.15, 0.2) is 24.3 Å². The summed E-state index contributed by atoms with van der Waals surface area (Å²) in [5.74, 6) is 0. The van der Waals surface area contributed by atoms with Gasteiger partial charge in [-0.2, -0.15) is 0 Å². The number of benzene rings is 1. The Bertz CT molecular complexity index is 560. The number of rotatable bonds is 4. The molecule has 0 aromatic heterocycles. The van der Waals surface area contributed by atoms with E-state index >= 15 is 0 Å². The van der Waals surface area contributed by atoms with Gasteiger partial charge in [0.25, 0.3) is 0 Å². The Morgan fingerprint density at radius 3 is 2.40 bits per heavy atom.